The second-order valence-electron chi connectivity index (χ2n) is 0.846. The molecule has 37 valence electrons. The van der Waals surface area contributed by atoms with Gasteiger partial charge in [-0.15, -0.1) is 0 Å². The molecular weight excluding hydrogens is 78.0 g/mol. The van der Waals surface area contributed by atoms with Crippen LogP contribution in [0.5, 0.6) is 0 Å². The summed E-state index contributed by atoms with van der Waals surface area (Å²) in [5, 5.41) is 0. The first-order chi connectivity index (χ1) is 2.91. The lowest BCUT2D eigenvalue weighted by molar-refractivity contribution is 0.0653. The van der Waals surface area contributed by atoms with Crippen LogP contribution in [-0.4, -0.2) is 13.2 Å². The van der Waals surface area contributed by atoms with Crippen molar-refractivity contribution >= 4 is 0 Å². The molecule has 0 aromatic carbocycles. The Balaban J connectivity index is 2.34. The highest BCUT2D eigenvalue weighted by atomic mass is 16.6. The molecule has 0 unspecified atom stereocenters. The van der Waals surface area contributed by atoms with Gasteiger partial charge in [-0.1, -0.05) is 6.92 Å². The Kier molecular flexibility index (Phi) is 4.85. The Morgan fingerprint density at radius 1 is 1.83 bits per heavy atom. The lowest BCUT2D eigenvalue weighted by atomic mass is 10.8. The van der Waals surface area contributed by atoms with Crippen molar-refractivity contribution in [3.8, 4) is 0 Å². The lowest BCUT2D eigenvalue weighted by Crippen LogP contribution is -2.12. The Hall–Kier alpha value is -0.0800. The molecule has 0 rings (SSSR count). The van der Waals surface area contributed by atoms with Gasteiger partial charge in [0.1, 0.15) is 0 Å². The second kappa shape index (κ2) is 4.92. The number of nitrogens with one attached hydrogen (secondary N) is 1. The van der Waals surface area contributed by atoms with Gasteiger partial charge in [0.2, 0.25) is 0 Å². The molecule has 0 bridgehead atoms. The molecule has 0 heterocycles. The minimum Gasteiger partial charge on any atom is -0.302 e. The van der Waals surface area contributed by atoms with Crippen molar-refractivity contribution in [2.45, 2.75) is 6.92 Å². The summed E-state index contributed by atoms with van der Waals surface area (Å²) < 4.78 is 0. The van der Waals surface area contributed by atoms with E-state index in [9.17, 15) is 0 Å². The van der Waals surface area contributed by atoms with E-state index in [0.717, 1.165) is 6.54 Å². The fraction of sp³-hybridized carbons (Fsp3) is 0.750. The van der Waals surface area contributed by atoms with Gasteiger partial charge in [0, 0.05) is 6.54 Å². The minimum absolute atomic E-state index is 0.494. The predicted molar refractivity (Wildman–Crippen MR) is 25.0 cm³/mol. The molecule has 0 aromatic heterocycles. The Bertz CT molecular complexity index is 19.5. The highest BCUT2D eigenvalue weighted by Gasteiger charge is 1.69. The fourth-order valence-electron chi connectivity index (χ4n) is 0.174. The van der Waals surface area contributed by atoms with Crippen LogP contribution in [0, 0.1) is 6.92 Å². The van der Waals surface area contributed by atoms with Crippen molar-refractivity contribution in [2.75, 3.05) is 13.2 Å². The molecule has 0 aromatic rings. The van der Waals surface area contributed by atoms with Gasteiger partial charge in [0.25, 0.3) is 0 Å². The van der Waals surface area contributed by atoms with Crippen molar-refractivity contribution in [1.82, 2.24) is 5.48 Å². The zero-order valence-electron chi connectivity index (χ0n) is 4.03. The molecule has 2 heteroatoms. The quantitative estimate of drug-likeness (QED) is 0.397. The molecule has 0 aliphatic carbocycles. The molecule has 0 amide bonds. The molecule has 0 aliphatic heterocycles. The summed E-state index contributed by atoms with van der Waals surface area (Å²) in [5.41, 5.74) is 2.64. The molecule has 0 fully saturated rings. The largest absolute Gasteiger partial charge is 0.302 e. The van der Waals surface area contributed by atoms with Gasteiger partial charge in [0.15, 0.2) is 0 Å². The van der Waals surface area contributed by atoms with Gasteiger partial charge < -0.3 is 4.84 Å². The summed E-state index contributed by atoms with van der Waals surface area (Å²) in [4.78, 5) is 4.62. The summed E-state index contributed by atoms with van der Waals surface area (Å²) in [7, 11) is 0. The molecule has 1 N–H and O–H groups in total. The zero-order chi connectivity index (χ0) is 4.83. The van der Waals surface area contributed by atoms with E-state index in [2.05, 4.69) is 17.2 Å². The molecule has 0 aliphatic rings. The Morgan fingerprint density at radius 2 is 2.50 bits per heavy atom. The molecule has 6 heavy (non-hydrogen) atoms. The molecular formula is C4H10NO. The van der Waals surface area contributed by atoms with Crippen LogP contribution in [0.3, 0.4) is 0 Å². The molecule has 1 radical (unpaired) electrons. The average molecular weight is 88.1 g/mol. The van der Waals surface area contributed by atoms with Crippen LogP contribution in [0.1, 0.15) is 6.92 Å². The van der Waals surface area contributed by atoms with E-state index in [4.69, 9.17) is 0 Å². The van der Waals surface area contributed by atoms with Crippen LogP contribution in [0.25, 0.3) is 0 Å². The molecule has 0 atom stereocenters. The topological polar surface area (TPSA) is 21.3 Å². The standard InChI is InChI=1S/C4H10NO/c1-3-5-6-4-2/h5H,2-4H2,1H3. The average Bonchev–Trinajstić information content (AvgIpc) is 1.61. The van der Waals surface area contributed by atoms with Gasteiger partial charge in [-0.05, 0) is 6.92 Å². The fourth-order valence-corrected chi connectivity index (χ4v) is 0.174. The van der Waals surface area contributed by atoms with E-state index in [1.165, 1.54) is 0 Å². The van der Waals surface area contributed by atoms with Crippen molar-refractivity contribution in [2.24, 2.45) is 0 Å². The van der Waals surface area contributed by atoms with Crippen LogP contribution in [0.4, 0.5) is 0 Å². The first-order valence-corrected chi connectivity index (χ1v) is 2.05. The SMILES string of the molecule is [CH2]CONCC. The molecule has 0 saturated carbocycles. The van der Waals surface area contributed by atoms with E-state index in [-0.39, 0.29) is 0 Å². The van der Waals surface area contributed by atoms with Crippen LogP contribution in [0.15, 0.2) is 0 Å². The molecule has 0 saturated heterocycles. The van der Waals surface area contributed by atoms with Crippen molar-refractivity contribution in [3.05, 3.63) is 6.92 Å². The lowest BCUT2D eigenvalue weighted by Gasteiger charge is -1.94. The van der Waals surface area contributed by atoms with E-state index in [1.54, 1.807) is 0 Å². The normalized spacial score (nSPS) is 9.00. The first-order valence-electron chi connectivity index (χ1n) is 2.05. The summed E-state index contributed by atoms with van der Waals surface area (Å²) in [6.45, 7) is 6.74. The zero-order valence-corrected chi connectivity index (χ0v) is 4.03. The number of hydroxylamine groups is 1. The first kappa shape index (κ1) is 5.92. The predicted octanol–water partition coefficient (Wildman–Crippen LogP) is 0.362. The monoisotopic (exact) mass is 88.1 g/mol. The van der Waals surface area contributed by atoms with Crippen molar-refractivity contribution < 1.29 is 4.84 Å². The van der Waals surface area contributed by atoms with Crippen LogP contribution < -0.4 is 5.48 Å². The van der Waals surface area contributed by atoms with E-state index in [0.29, 0.717) is 6.61 Å². The Morgan fingerprint density at radius 3 is 2.67 bits per heavy atom. The number of hydrogen-bond donors (Lipinski definition) is 1. The summed E-state index contributed by atoms with van der Waals surface area (Å²) in [6, 6.07) is 0. The van der Waals surface area contributed by atoms with Gasteiger partial charge in [-0.25, -0.2) is 5.48 Å². The van der Waals surface area contributed by atoms with E-state index in [1.807, 2.05) is 6.92 Å². The molecule has 2 nitrogen and oxygen atoms in total. The van der Waals surface area contributed by atoms with Crippen LogP contribution in [-0.2, 0) is 4.84 Å². The summed E-state index contributed by atoms with van der Waals surface area (Å²) in [6.07, 6.45) is 0. The summed E-state index contributed by atoms with van der Waals surface area (Å²) >= 11 is 0. The van der Waals surface area contributed by atoms with Gasteiger partial charge in [0.05, 0.1) is 6.61 Å². The summed E-state index contributed by atoms with van der Waals surface area (Å²) in [5.74, 6) is 0. The van der Waals surface area contributed by atoms with Crippen molar-refractivity contribution in [1.29, 1.82) is 0 Å². The van der Waals surface area contributed by atoms with Gasteiger partial charge in [-0.2, -0.15) is 0 Å². The number of hydrogen-bond acceptors (Lipinski definition) is 2. The Labute approximate surface area is 38.5 Å². The third-order valence-electron chi connectivity index (χ3n) is 0.348. The third kappa shape index (κ3) is 3.92. The van der Waals surface area contributed by atoms with Crippen molar-refractivity contribution in [3.63, 3.8) is 0 Å². The van der Waals surface area contributed by atoms with Gasteiger partial charge >= 0.3 is 0 Å². The maximum Gasteiger partial charge on any atom is 0.0683 e. The van der Waals surface area contributed by atoms with Crippen LogP contribution >= 0.6 is 0 Å². The van der Waals surface area contributed by atoms with E-state index < -0.39 is 0 Å². The highest BCUT2D eigenvalue weighted by Crippen LogP contribution is 1.58. The second-order valence-corrected chi connectivity index (χ2v) is 0.846. The highest BCUT2D eigenvalue weighted by molar-refractivity contribution is 4.24. The third-order valence-corrected chi connectivity index (χ3v) is 0.348. The minimum atomic E-state index is 0.494. The van der Waals surface area contributed by atoms with Gasteiger partial charge in [-0.3, -0.25) is 0 Å². The molecule has 0 spiro atoms. The maximum atomic E-state index is 4.62. The van der Waals surface area contributed by atoms with E-state index >= 15 is 0 Å². The number of rotatable bonds is 3. The van der Waals surface area contributed by atoms with Crippen LogP contribution in [0.2, 0.25) is 0 Å². The smallest absolute Gasteiger partial charge is 0.0683 e. The maximum absolute atomic E-state index is 4.62.